The average Bonchev–Trinajstić information content (AvgIpc) is 3.31. The molecule has 1 aromatic heterocycles. The van der Waals surface area contributed by atoms with Gasteiger partial charge in [0.1, 0.15) is 11.6 Å². The van der Waals surface area contributed by atoms with E-state index in [1.165, 1.54) is 12.1 Å². The molecule has 1 N–H and O–H groups in total. The number of piperazine rings is 1. The molecule has 0 saturated carbocycles. The van der Waals surface area contributed by atoms with Crippen molar-refractivity contribution >= 4 is 11.6 Å². The van der Waals surface area contributed by atoms with E-state index in [0.717, 1.165) is 31.0 Å². The van der Waals surface area contributed by atoms with E-state index in [9.17, 15) is 9.90 Å². The molecule has 4 rings (SSSR count). The molecular weight excluding hydrogens is 356 g/mol. The van der Waals surface area contributed by atoms with E-state index in [0.29, 0.717) is 17.6 Å². The van der Waals surface area contributed by atoms with Gasteiger partial charge in [-0.15, -0.1) is 0 Å². The van der Waals surface area contributed by atoms with E-state index in [-0.39, 0.29) is 18.1 Å². The zero-order valence-corrected chi connectivity index (χ0v) is 15.2. The summed E-state index contributed by atoms with van der Waals surface area (Å²) in [6.45, 7) is 1.89. The van der Waals surface area contributed by atoms with Gasteiger partial charge in [-0.3, -0.25) is 4.79 Å². The second kappa shape index (κ2) is 7.62. The van der Waals surface area contributed by atoms with Gasteiger partial charge in [0, 0.05) is 48.1 Å². The van der Waals surface area contributed by atoms with Crippen molar-refractivity contribution in [2.75, 3.05) is 18.0 Å². The summed E-state index contributed by atoms with van der Waals surface area (Å²) in [5, 5.41) is 13.4. The number of phenols is 1. The number of rotatable bonds is 6. The van der Waals surface area contributed by atoms with Gasteiger partial charge in [-0.05, 0) is 36.2 Å². The van der Waals surface area contributed by atoms with Gasteiger partial charge in [-0.25, -0.2) is 4.98 Å². The first kappa shape index (κ1) is 17.9. The maximum atomic E-state index is 12.3. The molecule has 0 amide bonds. The zero-order chi connectivity index (χ0) is 19.5. The molecule has 0 unspecified atom stereocenters. The fraction of sp³-hybridized carbons (Fsp3) is 0.300. The van der Waals surface area contributed by atoms with Crippen LogP contribution in [-0.2, 0) is 6.54 Å². The van der Waals surface area contributed by atoms with Crippen molar-refractivity contribution in [3.05, 3.63) is 76.4 Å². The second-order valence-electron chi connectivity index (χ2n) is 6.97. The van der Waals surface area contributed by atoms with Crippen LogP contribution in [-0.4, -0.2) is 45.9 Å². The number of carbonyl (C=O) groups excluding carboxylic acids is 1. The van der Waals surface area contributed by atoms with E-state index in [2.05, 4.69) is 24.8 Å². The Labute approximate surface area is 162 Å². The molecule has 2 bridgehead atoms. The Balaban J connectivity index is 1.41. The standard InChI is InChI=1S/C20H20N6O2/c21-24-22-11-14-4-3-7-20(23-14)26-13-15-10-16(26)12-25(15)9-8-19(28)17-5-1-2-6-18(17)27/h1-9,15-16,27H,10-13H2/b9-8+/t15-,16-/m1/s1. The van der Waals surface area contributed by atoms with Gasteiger partial charge >= 0.3 is 0 Å². The molecule has 2 aliphatic rings. The highest BCUT2D eigenvalue weighted by Gasteiger charge is 2.42. The molecule has 2 aromatic rings. The summed E-state index contributed by atoms with van der Waals surface area (Å²) < 4.78 is 0. The van der Waals surface area contributed by atoms with E-state index in [1.807, 2.05) is 24.4 Å². The number of likely N-dealkylation sites (tertiary alicyclic amines) is 1. The lowest BCUT2D eigenvalue weighted by Gasteiger charge is -2.34. The van der Waals surface area contributed by atoms with Crippen molar-refractivity contribution in [2.45, 2.75) is 25.0 Å². The number of azide groups is 1. The average molecular weight is 376 g/mol. The summed E-state index contributed by atoms with van der Waals surface area (Å²) >= 11 is 0. The number of phenolic OH excluding ortho intramolecular Hbond substituents is 1. The molecule has 2 atom stereocenters. The van der Waals surface area contributed by atoms with Crippen molar-refractivity contribution in [2.24, 2.45) is 5.11 Å². The molecule has 8 nitrogen and oxygen atoms in total. The molecular formula is C20H20N6O2. The third-order valence-corrected chi connectivity index (χ3v) is 5.25. The van der Waals surface area contributed by atoms with Crippen molar-refractivity contribution < 1.29 is 9.90 Å². The minimum Gasteiger partial charge on any atom is -0.507 e. The third kappa shape index (κ3) is 3.50. The Morgan fingerprint density at radius 3 is 2.86 bits per heavy atom. The largest absolute Gasteiger partial charge is 0.507 e. The summed E-state index contributed by atoms with van der Waals surface area (Å²) in [4.78, 5) is 24.2. The smallest absolute Gasteiger partial charge is 0.190 e. The molecule has 3 heterocycles. The van der Waals surface area contributed by atoms with Crippen LogP contribution in [0.15, 0.2) is 59.9 Å². The van der Waals surface area contributed by atoms with Crippen molar-refractivity contribution in [3.8, 4) is 5.75 Å². The first-order valence-electron chi connectivity index (χ1n) is 9.15. The van der Waals surface area contributed by atoms with Crippen LogP contribution < -0.4 is 4.90 Å². The predicted octanol–water partition coefficient (Wildman–Crippen LogP) is 3.26. The number of aromatic nitrogens is 1. The van der Waals surface area contributed by atoms with Crippen LogP contribution in [0.3, 0.4) is 0 Å². The SMILES string of the molecule is [N-]=[N+]=NCc1cccc(N2C[C@H]3C[C@@H]2CN3/C=C/C(=O)c2ccccc2O)n1. The minimum absolute atomic E-state index is 0.00189. The zero-order valence-electron chi connectivity index (χ0n) is 15.2. The van der Waals surface area contributed by atoms with Crippen LogP contribution >= 0.6 is 0 Å². The second-order valence-corrected chi connectivity index (χ2v) is 6.97. The van der Waals surface area contributed by atoms with Gasteiger partial charge in [0.15, 0.2) is 5.78 Å². The van der Waals surface area contributed by atoms with E-state index in [4.69, 9.17) is 5.53 Å². The number of nitrogens with zero attached hydrogens (tertiary/aromatic N) is 6. The fourth-order valence-electron chi connectivity index (χ4n) is 3.92. The number of carbonyl (C=O) groups is 1. The lowest BCUT2D eigenvalue weighted by atomic mass is 10.1. The molecule has 2 saturated heterocycles. The lowest BCUT2D eigenvalue weighted by molar-refractivity contribution is 0.104. The molecule has 142 valence electrons. The number of anilines is 1. The number of fused-ring (bicyclic) bond motifs is 2. The maximum Gasteiger partial charge on any atom is 0.190 e. The van der Waals surface area contributed by atoms with Crippen molar-refractivity contribution in [3.63, 3.8) is 0 Å². The van der Waals surface area contributed by atoms with Crippen molar-refractivity contribution in [1.82, 2.24) is 9.88 Å². The quantitative estimate of drug-likeness (QED) is 0.274. The van der Waals surface area contributed by atoms with Crippen LogP contribution in [0.4, 0.5) is 5.82 Å². The number of aromatic hydroxyl groups is 1. The Bertz CT molecular complexity index is 969. The summed E-state index contributed by atoms with van der Waals surface area (Å²) in [5.74, 6) is 0.690. The predicted molar refractivity (Wildman–Crippen MR) is 105 cm³/mol. The number of allylic oxidation sites excluding steroid dienone is 1. The van der Waals surface area contributed by atoms with E-state index in [1.54, 1.807) is 18.2 Å². The number of hydrogen-bond donors (Lipinski definition) is 1. The molecule has 0 aliphatic carbocycles. The fourth-order valence-corrected chi connectivity index (χ4v) is 3.92. The molecule has 0 radical (unpaired) electrons. The van der Waals surface area contributed by atoms with Crippen LogP contribution in [0.2, 0.25) is 0 Å². The van der Waals surface area contributed by atoms with Gasteiger partial charge < -0.3 is 14.9 Å². The molecule has 2 aliphatic heterocycles. The highest BCUT2D eigenvalue weighted by molar-refractivity contribution is 6.06. The van der Waals surface area contributed by atoms with E-state index >= 15 is 0 Å². The Morgan fingerprint density at radius 2 is 2.11 bits per heavy atom. The Kier molecular flexibility index (Phi) is 4.87. The van der Waals surface area contributed by atoms with Gasteiger partial charge in [-0.2, -0.15) is 0 Å². The van der Waals surface area contributed by atoms with Gasteiger partial charge in [0.05, 0.1) is 12.1 Å². The number of para-hydroxylation sites is 1. The topological polar surface area (TPSA) is 105 Å². The number of pyridine rings is 1. The summed E-state index contributed by atoms with van der Waals surface area (Å²) in [5.41, 5.74) is 9.54. The van der Waals surface area contributed by atoms with Gasteiger partial charge in [0.25, 0.3) is 0 Å². The van der Waals surface area contributed by atoms with Crippen LogP contribution in [0, 0.1) is 0 Å². The first-order chi connectivity index (χ1) is 13.7. The Morgan fingerprint density at radius 1 is 1.25 bits per heavy atom. The monoisotopic (exact) mass is 376 g/mol. The van der Waals surface area contributed by atoms with E-state index < -0.39 is 0 Å². The molecule has 1 aromatic carbocycles. The maximum absolute atomic E-state index is 12.3. The normalized spacial score (nSPS) is 20.6. The molecule has 0 spiro atoms. The van der Waals surface area contributed by atoms with Gasteiger partial charge in [0.2, 0.25) is 0 Å². The molecule has 2 fully saturated rings. The number of ketones is 1. The Hall–Kier alpha value is -3.51. The number of benzene rings is 1. The lowest BCUT2D eigenvalue weighted by Crippen LogP contribution is -2.44. The van der Waals surface area contributed by atoms with Crippen LogP contribution in [0.25, 0.3) is 10.4 Å². The summed E-state index contributed by atoms with van der Waals surface area (Å²) in [7, 11) is 0. The molecule has 8 heteroatoms. The molecule has 28 heavy (non-hydrogen) atoms. The van der Waals surface area contributed by atoms with Crippen molar-refractivity contribution in [1.29, 1.82) is 0 Å². The number of hydrogen-bond acceptors (Lipinski definition) is 6. The third-order valence-electron chi connectivity index (χ3n) is 5.25. The van der Waals surface area contributed by atoms with Gasteiger partial charge in [-0.1, -0.05) is 23.3 Å². The summed E-state index contributed by atoms with van der Waals surface area (Å²) in [6, 6.07) is 13.0. The highest BCUT2D eigenvalue weighted by atomic mass is 16.3. The highest BCUT2D eigenvalue weighted by Crippen LogP contribution is 2.34. The minimum atomic E-state index is -0.204. The van der Waals surface area contributed by atoms with Crippen LogP contribution in [0.5, 0.6) is 5.75 Å². The summed E-state index contributed by atoms with van der Waals surface area (Å²) in [6.07, 6.45) is 4.37. The first-order valence-corrected chi connectivity index (χ1v) is 9.15. The van der Waals surface area contributed by atoms with Crippen LogP contribution in [0.1, 0.15) is 22.5 Å².